The Morgan fingerprint density at radius 1 is 1.32 bits per heavy atom. The summed E-state index contributed by atoms with van der Waals surface area (Å²) in [5, 5.41) is 15.5. The number of carboxylic acid groups (broad SMARTS) is 1. The molecule has 2 N–H and O–H groups in total. The lowest BCUT2D eigenvalue weighted by Gasteiger charge is -2.13. The first-order valence-electron chi connectivity index (χ1n) is 5.90. The van der Waals surface area contributed by atoms with Crippen molar-refractivity contribution in [1.29, 1.82) is 0 Å². The molecule has 2 rings (SSSR count). The van der Waals surface area contributed by atoms with E-state index in [0.717, 1.165) is 5.56 Å². The maximum atomic E-state index is 10.9. The lowest BCUT2D eigenvalue weighted by atomic mass is 10.1. The molecule has 1 atom stereocenters. The Hall–Kier alpha value is -1.21. The Bertz CT molecular complexity index is 654. The van der Waals surface area contributed by atoms with Crippen LogP contribution in [0, 0.1) is 0 Å². The zero-order valence-electron chi connectivity index (χ0n) is 10.8. The summed E-state index contributed by atoms with van der Waals surface area (Å²) in [5.74, 6) is -0.167. The van der Waals surface area contributed by atoms with Gasteiger partial charge in [0.1, 0.15) is 0 Å². The lowest BCUT2D eigenvalue weighted by molar-refractivity contribution is 0.189. The van der Waals surface area contributed by atoms with Crippen LogP contribution in [0.4, 0.5) is 4.79 Å². The van der Waals surface area contributed by atoms with Gasteiger partial charge < -0.3 is 14.9 Å². The number of halogens is 4. The van der Waals surface area contributed by atoms with E-state index < -0.39 is 15.9 Å². The van der Waals surface area contributed by atoms with Gasteiger partial charge in [-0.3, -0.25) is 0 Å². The second kappa shape index (κ2) is 6.91. The molecule has 0 aliphatic rings. The van der Waals surface area contributed by atoms with Crippen LogP contribution >= 0.6 is 46.4 Å². The third kappa shape index (κ3) is 4.64. The van der Waals surface area contributed by atoms with Crippen LogP contribution in [0.25, 0.3) is 0 Å². The summed E-state index contributed by atoms with van der Waals surface area (Å²) in [4.78, 5) is 14.9. The number of carbonyl (C=O) groups is 1. The highest BCUT2D eigenvalue weighted by Crippen LogP contribution is 2.37. The molecule has 1 aromatic carbocycles. The molecule has 1 unspecified atom stereocenters. The van der Waals surface area contributed by atoms with Crippen molar-refractivity contribution in [1.82, 2.24) is 15.5 Å². The number of hydrogen-bond donors (Lipinski definition) is 2. The zero-order chi connectivity index (χ0) is 16.3. The Kier molecular flexibility index (Phi) is 5.39. The molecule has 0 radical (unpaired) electrons. The number of aromatic nitrogens is 2. The Morgan fingerprint density at radius 3 is 2.45 bits per heavy atom. The number of rotatable bonds is 4. The molecular formula is C12H9Cl4N3O3. The first-order chi connectivity index (χ1) is 10.3. The van der Waals surface area contributed by atoms with Gasteiger partial charge in [-0.05, 0) is 17.7 Å². The molecule has 0 spiro atoms. The van der Waals surface area contributed by atoms with Gasteiger partial charge in [0, 0.05) is 11.4 Å². The van der Waals surface area contributed by atoms with Crippen molar-refractivity contribution < 1.29 is 14.4 Å². The Balaban J connectivity index is 2.24. The van der Waals surface area contributed by atoms with Crippen LogP contribution in [0.15, 0.2) is 28.8 Å². The molecule has 0 aliphatic carbocycles. The average molecular weight is 385 g/mol. The molecular weight excluding hydrogens is 376 g/mol. The van der Waals surface area contributed by atoms with E-state index in [2.05, 4.69) is 15.5 Å². The van der Waals surface area contributed by atoms with Crippen molar-refractivity contribution in [2.24, 2.45) is 0 Å². The van der Waals surface area contributed by atoms with Crippen molar-refractivity contribution >= 4 is 52.5 Å². The van der Waals surface area contributed by atoms with E-state index in [1.54, 1.807) is 24.3 Å². The van der Waals surface area contributed by atoms with Crippen molar-refractivity contribution in [3.05, 3.63) is 46.6 Å². The molecule has 10 heteroatoms. The smallest absolute Gasteiger partial charge is 0.405 e. The molecule has 0 saturated heterocycles. The van der Waals surface area contributed by atoms with Crippen LogP contribution in [0.3, 0.4) is 0 Å². The molecule has 118 valence electrons. The zero-order valence-corrected chi connectivity index (χ0v) is 13.8. The number of amides is 1. The van der Waals surface area contributed by atoms with Crippen molar-refractivity contribution in [2.45, 2.75) is 16.3 Å². The monoisotopic (exact) mass is 383 g/mol. The molecule has 22 heavy (non-hydrogen) atoms. The van der Waals surface area contributed by atoms with Crippen LogP contribution < -0.4 is 5.32 Å². The second-order valence-corrected chi connectivity index (χ2v) is 7.01. The first kappa shape index (κ1) is 17.1. The summed E-state index contributed by atoms with van der Waals surface area (Å²) < 4.78 is 2.96. The summed E-state index contributed by atoms with van der Waals surface area (Å²) in [6.07, 6.45) is -0.957. The second-order valence-electron chi connectivity index (χ2n) is 4.29. The highest BCUT2D eigenvalue weighted by atomic mass is 35.6. The maximum absolute atomic E-state index is 10.9. The minimum Gasteiger partial charge on any atom is -0.465 e. The predicted octanol–water partition coefficient (Wildman–Crippen LogP) is 4.10. The third-order valence-electron chi connectivity index (χ3n) is 2.65. The highest BCUT2D eigenvalue weighted by Gasteiger charge is 2.32. The number of hydrogen-bond acceptors (Lipinski definition) is 4. The fourth-order valence-electron chi connectivity index (χ4n) is 1.70. The molecule has 0 fully saturated rings. The van der Waals surface area contributed by atoms with Gasteiger partial charge in [-0.15, -0.1) is 0 Å². The topological polar surface area (TPSA) is 88.2 Å². The number of alkyl halides is 3. The van der Waals surface area contributed by atoms with E-state index in [1.165, 1.54) is 0 Å². The minimum absolute atomic E-state index is 0.0682. The molecule has 6 nitrogen and oxygen atoms in total. The summed E-state index contributed by atoms with van der Waals surface area (Å²) in [5.41, 5.74) is 0.823. The van der Waals surface area contributed by atoms with Gasteiger partial charge in [0.15, 0.2) is 5.82 Å². The standard InChI is InChI=1S/C12H9Cl4N3O3/c13-7-3-1-6(2-4-7)5-8(17-11(20)21)9-18-10(22-19-9)12(14,15)16/h1-4,8,17H,5H2,(H,20,21). The quantitative estimate of drug-likeness (QED) is 0.774. The van der Waals surface area contributed by atoms with Gasteiger partial charge in [-0.2, -0.15) is 4.98 Å². The first-order valence-corrected chi connectivity index (χ1v) is 7.41. The Morgan fingerprint density at radius 2 is 1.95 bits per heavy atom. The van der Waals surface area contributed by atoms with Crippen LogP contribution in [-0.4, -0.2) is 21.3 Å². The van der Waals surface area contributed by atoms with Gasteiger partial charge >= 0.3 is 6.09 Å². The van der Waals surface area contributed by atoms with Crippen LogP contribution in [-0.2, 0) is 10.2 Å². The molecule has 1 heterocycles. The SMILES string of the molecule is O=C(O)NC(Cc1ccc(Cl)cc1)c1noc(C(Cl)(Cl)Cl)n1. The fourth-order valence-corrected chi connectivity index (χ4v) is 2.06. The third-order valence-corrected chi connectivity index (χ3v) is 3.38. The minimum atomic E-state index is -1.88. The maximum Gasteiger partial charge on any atom is 0.405 e. The van der Waals surface area contributed by atoms with Crippen LogP contribution in [0.2, 0.25) is 5.02 Å². The van der Waals surface area contributed by atoms with E-state index in [-0.39, 0.29) is 18.1 Å². The van der Waals surface area contributed by atoms with Gasteiger partial charge in [0.2, 0.25) is 0 Å². The number of benzene rings is 1. The van der Waals surface area contributed by atoms with Crippen LogP contribution in [0.5, 0.6) is 0 Å². The summed E-state index contributed by atoms with van der Waals surface area (Å²) >= 11 is 22.7. The summed E-state index contributed by atoms with van der Waals surface area (Å²) in [6.45, 7) is 0. The average Bonchev–Trinajstić information content (AvgIpc) is 2.89. The molecule has 0 aliphatic heterocycles. The van der Waals surface area contributed by atoms with Crippen LogP contribution in [0.1, 0.15) is 23.3 Å². The molecule has 1 amide bonds. The van der Waals surface area contributed by atoms with E-state index in [9.17, 15) is 4.79 Å². The van der Waals surface area contributed by atoms with E-state index in [0.29, 0.717) is 5.02 Å². The van der Waals surface area contributed by atoms with Crippen molar-refractivity contribution in [3.8, 4) is 0 Å². The van der Waals surface area contributed by atoms with E-state index in [1.807, 2.05) is 0 Å². The van der Waals surface area contributed by atoms with Crippen molar-refractivity contribution in [3.63, 3.8) is 0 Å². The molecule has 2 aromatic rings. The lowest BCUT2D eigenvalue weighted by Crippen LogP contribution is -2.29. The highest BCUT2D eigenvalue weighted by molar-refractivity contribution is 6.66. The summed E-state index contributed by atoms with van der Waals surface area (Å²) in [7, 11) is 0. The molecule has 0 saturated carbocycles. The summed E-state index contributed by atoms with van der Waals surface area (Å²) in [6, 6.07) is 6.14. The fraction of sp³-hybridized carbons (Fsp3) is 0.250. The predicted molar refractivity (Wildman–Crippen MR) is 82.6 cm³/mol. The van der Waals surface area contributed by atoms with Gasteiger partial charge in [-0.25, -0.2) is 4.79 Å². The number of nitrogens with zero attached hydrogens (tertiary/aromatic N) is 2. The normalized spacial score (nSPS) is 12.9. The van der Waals surface area contributed by atoms with E-state index >= 15 is 0 Å². The van der Waals surface area contributed by atoms with Gasteiger partial charge in [0.05, 0.1) is 6.04 Å². The largest absolute Gasteiger partial charge is 0.465 e. The molecule has 0 bridgehead atoms. The van der Waals surface area contributed by atoms with Gasteiger partial charge in [0.25, 0.3) is 9.68 Å². The Labute approximate surface area is 145 Å². The van der Waals surface area contributed by atoms with Gasteiger partial charge in [-0.1, -0.05) is 63.7 Å². The number of nitrogens with one attached hydrogen (secondary N) is 1. The molecule has 1 aromatic heterocycles. The van der Waals surface area contributed by atoms with Crippen molar-refractivity contribution in [2.75, 3.05) is 0 Å². The van der Waals surface area contributed by atoms with E-state index in [4.69, 9.17) is 56.0 Å².